The van der Waals surface area contributed by atoms with Gasteiger partial charge < -0.3 is 20.2 Å². The van der Waals surface area contributed by atoms with Crippen LogP contribution in [-0.2, 0) is 9.22 Å². The second-order valence-electron chi connectivity index (χ2n) is 7.86. The van der Waals surface area contributed by atoms with Crippen molar-refractivity contribution < 1.29 is 19.1 Å². The van der Waals surface area contributed by atoms with Crippen molar-refractivity contribution in [1.82, 2.24) is 10.6 Å². The first-order chi connectivity index (χ1) is 12.6. The number of rotatable bonds is 9. The molecule has 152 valence electrons. The van der Waals surface area contributed by atoms with Crippen molar-refractivity contribution in [2.24, 2.45) is 0 Å². The van der Waals surface area contributed by atoms with Crippen molar-refractivity contribution >= 4 is 20.3 Å². The Kier molecular flexibility index (Phi) is 8.49. The van der Waals surface area contributed by atoms with Gasteiger partial charge in [0, 0.05) is 5.54 Å². The number of carboxylic acids is 1. The number of aliphatic carboxylic acids is 1. The highest BCUT2D eigenvalue weighted by Crippen LogP contribution is 2.29. The highest BCUT2D eigenvalue weighted by molar-refractivity contribution is 6.73. The number of nitrogens with one attached hydrogen (secondary N) is 2. The normalized spacial score (nSPS) is 14.3. The van der Waals surface area contributed by atoms with Crippen LogP contribution in [0, 0.1) is 0 Å². The summed E-state index contributed by atoms with van der Waals surface area (Å²) in [6.45, 7) is 11.8. The molecule has 7 heteroatoms. The minimum Gasteiger partial charge on any atom is -0.479 e. The molecule has 0 spiro atoms. The van der Waals surface area contributed by atoms with Gasteiger partial charge in [-0.15, -0.1) is 0 Å². The molecule has 0 bridgehead atoms. The number of hydrogen-bond acceptors (Lipinski definition) is 3. The van der Waals surface area contributed by atoms with Crippen LogP contribution in [0.5, 0.6) is 0 Å². The average Bonchev–Trinajstić information content (AvgIpc) is 2.61. The Morgan fingerprint density at radius 3 is 2.00 bits per heavy atom. The van der Waals surface area contributed by atoms with E-state index < -0.39 is 38.0 Å². The standard InChI is InChI=1S/C20H34N2O4Si/c1-7-27(8-2,9-3)26-17(18(23)24)16(15-13-11-10-12-14-15)21-19(25)22-20(4,5)6/h10-14,16-17H,7-9H2,1-6H3,(H,23,24)(H2,21,22,25). The predicted molar refractivity (Wildman–Crippen MR) is 110 cm³/mol. The predicted octanol–water partition coefficient (Wildman–Crippen LogP) is 4.30. The SMILES string of the molecule is CC[Si](CC)(CC)OC(C(=O)O)C(NC(=O)NC(C)(C)C)c1ccccc1. The van der Waals surface area contributed by atoms with Gasteiger partial charge in [0.15, 0.2) is 14.4 Å². The smallest absolute Gasteiger partial charge is 0.334 e. The molecule has 27 heavy (non-hydrogen) atoms. The third-order valence-electron chi connectivity index (χ3n) is 4.79. The van der Waals surface area contributed by atoms with Crippen LogP contribution >= 0.6 is 0 Å². The molecular formula is C20H34N2O4Si. The van der Waals surface area contributed by atoms with E-state index in [1.807, 2.05) is 51.1 Å². The van der Waals surface area contributed by atoms with E-state index in [0.717, 1.165) is 18.1 Å². The summed E-state index contributed by atoms with van der Waals surface area (Å²) in [5, 5.41) is 15.6. The lowest BCUT2D eigenvalue weighted by Crippen LogP contribution is -2.53. The Bertz CT molecular complexity index is 604. The van der Waals surface area contributed by atoms with Crippen molar-refractivity contribution in [1.29, 1.82) is 0 Å². The molecule has 0 fully saturated rings. The minimum atomic E-state index is -2.19. The number of benzene rings is 1. The van der Waals surface area contributed by atoms with Crippen molar-refractivity contribution in [2.75, 3.05) is 0 Å². The third-order valence-corrected chi connectivity index (χ3v) is 9.41. The first-order valence-corrected chi connectivity index (χ1v) is 12.1. The Labute approximate surface area is 163 Å². The molecule has 0 aliphatic carbocycles. The molecule has 2 unspecified atom stereocenters. The summed E-state index contributed by atoms with van der Waals surface area (Å²) < 4.78 is 6.29. The first kappa shape index (κ1) is 23.2. The number of carbonyl (C=O) groups is 2. The van der Waals surface area contributed by atoms with Gasteiger partial charge in [-0.2, -0.15) is 0 Å². The van der Waals surface area contributed by atoms with Crippen LogP contribution < -0.4 is 10.6 Å². The fourth-order valence-electron chi connectivity index (χ4n) is 3.04. The number of amides is 2. The summed E-state index contributed by atoms with van der Waals surface area (Å²) in [6, 6.07) is 10.4. The Morgan fingerprint density at radius 2 is 1.59 bits per heavy atom. The zero-order valence-corrected chi connectivity index (χ0v) is 18.3. The highest BCUT2D eigenvalue weighted by atomic mass is 28.4. The number of hydrogen-bond donors (Lipinski definition) is 3. The van der Waals surface area contributed by atoms with Gasteiger partial charge in [0.2, 0.25) is 0 Å². The topological polar surface area (TPSA) is 87.7 Å². The lowest BCUT2D eigenvalue weighted by Gasteiger charge is -2.35. The molecule has 0 aliphatic rings. The maximum atomic E-state index is 12.5. The largest absolute Gasteiger partial charge is 0.479 e. The summed E-state index contributed by atoms with van der Waals surface area (Å²) in [4.78, 5) is 24.6. The number of carboxylic acid groups (broad SMARTS) is 1. The number of urea groups is 1. The van der Waals surface area contributed by atoms with Gasteiger partial charge in [0.1, 0.15) is 0 Å². The third kappa shape index (κ3) is 6.99. The van der Waals surface area contributed by atoms with E-state index in [-0.39, 0.29) is 0 Å². The van der Waals surface area contributed by atoms with E-state index in [0.29, 0.717) is 5.56 Å². The molecule has 6 nitrogen and oxygen atoms in total. The molecule has 0 radical (unpaired) electrons. The molecule has 1 rings (SSSR count). The van der Waals surface area contributed by atoms with E-state index in [4.69, 9.17) is 4.43 Å². The Hall–Kier alpha value is -1.86. The highest BCUT2D eigenvalue weighted by Gasteiger charge is 2.40. The quantitative estimate of drug-likeness (QED) is 0.545. The van der Waals surface area contributed by atoms with Gasteiger partial charge >= 0.3 is 12.0 Å². The van der Waals surface area contributed by atoms with E-state index >= 15 is 0 Å². The second-order valence-corrected chi connectivity index (χ2v) is 12.6. The van der Waals surface area contributed by atoms with E-state index in [1.54, 1.807) is 0 Å². The van der Waals surface area contributed by atoms with Crippen molar-refractivity contribution in [2.45, 2.75) is 77.4 Å². The molecule has 0 aromatic heterocycles. The maximum Gasteiger partial charge on any atom is 0.334 e. The Balaban J connectivity index is 3.24. The summed E-state index contributed by atoms with van der Waals surface area (Å²) in [5.41, 5.74) is 0.278. The van der Waals surface area contributed by atoms with Crippen LogP contribution in [0.2, 0.25) is 18.1 Å². The fourth-order valence-corrected chi connectivity index (χ4v) is 5.82. The fraction of sp³-hybridized carbons (Fsp3) is 0.600. The van der Waals surface area contributed by atoms with Crippen molar-refractivity contribution in [3.63, 3.8) is 0 Å². The zero-order valence-electron chi connectivity index (χ0n) is 17.3. The van der Waals surface area contributed by atoms with Crippen molar-refractivity contribution in [3.05, 3.63) is 35.9 Å². The molecule has 1 aromatic rings. The monoisotopic (exact) mass is 394 g/mol. The molecule has 0 aliphatic heterocycles. The molecular weight excluding hydrogens is 360 g/mol. The zero-order chi connectivity index (χ0) is 20.7. The summed E-state index contributed by atoms with van der Waals surface area (Å²) >= 11 is 0. The van der Waals surface area contributed by atoms with Crippen LogP contribution in [0.4, 0.5) is 4.79 Å². The first-order valence-electron chi connectivity index (χ1n) is 9.61. The molecule has 2 amide bonds. The van der Waals surface area contributed by atoms with Crippen LogP contribution in [0.1, 0.15) is 53.1 Å². The molecule has 0 saturated carbocycles. The summed E-state index contributed by atoms with van der Waals surface area (Å²) in [6.07, 6.45) is -1.13. The maximum absolute atomic E-state index is 12.5. The van der Waals surface area contributed by atoms with Gasteiger partial charge in [0.05, 0.1) is 6.04 Å². The molecule has 2 atom stereocenters. The second kappa shape index (κ2) is 9.89. The van der Waals surface area contributed by atoms with Gasteiger partial charge in [0.25, 0.3) is 0 Å². The number of carbonyl (C=O) groups excluding carboxylic acids is 1. The van der Waals surface area contributed by atoms with E-state index in [9.17, 15) is 14.7 Å². The summed E-state index contributed by atoms with van der Waals surface area (Å²) in [7, 11) is -2.19. The molecule has 0 heterocycles. The van der Waals surface area contributed by atoms with Gasteiger partial charge in [-0.05, 0) is 44.5 Å². The summed E-state index contributed by atoms with van der Waals surface area (Å²) in [5.74, 6) is -1.06. The molecule has 3 N–H and O–H groups in total. The van der Waals surface area contributed by atoms with Crippen LogP contribution in [0.15, 0.2) is 30.3 Å². The van der Waals surface area contributed by atoms with Crippen LogP contribution in [0.3, 0.4) is 0 Å². The van der Waals surface area contributed by atoms with E-state index in [2.05, 4.69) is 31.4 Å². The van der Waals surface area contributed by atoms with Crippen LogP contribution in [-0.4, -0.2) is 37.1 Å². The van der Waals surface area contributed by atoms with E-state index in [1.165, 1.54) is 0 Å². The lowest BCUT2D eigenvalue weighted by molar-refractivity contribution is -0.147. The average molecular weight is 395 g/mol. The van der Waals surface area contributed by atoms with Gasteiger partial charge in [-0.1, -0.05) is 51.1 Å². The minimum absolute atomic E-state index is 0.414. The Morgan fingerprint density at radius 1 is 1.07 bits per heavy atom. The van der Waals surface area contributed by atoms with Crippen molar-refractivity contribution in [3.8, 4) is 0 Å². The molecule has 0 saturated heterocycles. The van der Waals surface area contributed by atoms with Gasteiger partial charge in [-0.3, -0.25) is 0 Å². The van der Waals surface area contributed by atoms with Gasteiger partial charge in [-0.25, -0.2) is 9.59 Å². The lowest BCUT2D eigenvalue weighted by atomic mass is 10.0. The van der Waals surface area contributed by atoms with Crippen LogP contribution in [0.25, 0.3) is 0 Å². The molecule has 1 aromatic carbocycles.